The molecule has 0 saturated heterocycles. The minimum atomic E-state index is 0.00830. The predicted molar refractivity (Wildman–Crippen MR) is 83.8 cm³/mol. The summed E-state index contributed by atoms with van der Waals surface area (Å²) < 4.78 is 11.0. The van der Waals surface area contributed by atoms with E-state index in [1.807, 2.05) is 24.3 Å². The molecule has 0 atom stereocenters. The number of hydrogen-bond donors (Lipinski definition) is 1. The number of ether oxygens (including phenoxy) is 2. The fourth-order valence-corrected chi connectivity index (χ4v) is 2.19. The van der Waals surface area contributed by atoms with Gasteiger partial charge in [0, 0.05) is 0 Å². The monoisotopic (exact) mass is 286 g/mol. The molecule has 0 unspecified atom stereocenters. The van der Waals surface area contributed by atoms with E-state index < -0.39 is 0 Å². The highest BCUT2D eigenvalue weighted by molar-refractivity contribution is 5.42. The normalized spacial score (nSPS) is 10.4. The number of rotatable bonds is 8. The molecular formula is C18H22O3. The molecule has 3 heteroatoms. The van der Waals surface area contributed by atoms with E-state index in [-0.39, 0.29) is 6.61 Å². The number of unbranched alkanes of at least 4 members (excludes halogenated alkanes) is 1. The van der Waals surface area contributed by atoms with Gasteiger partial charge in [-0.15, -0.1) is 0 Å². The first-order valence-corrected chi connectivity index (χ1v) is 7.28. The van der Waals surface area contributed by atoms with Crippen molar-refractivity contribution in [3.63, 3.8) is 0 Å². The van der Waals surface area contributed by atoms with Crippen molar-refractivity contribution in [3.8, 4) is 11.5 Å². The quantitative estimate of drug-likeness (QED) is 0.754. The van der Waals surface area contributed by atoms with Crippen molar-refractivity contribution in [3.05, 3.63) is 59.7 Å². The number of hydrogen-bond acceptors (Lipinski definition) is 3. The Morgan fingerprint density at radius 3 is 2.43 bits per heavy atom. The maximum Gasteiger partial charge on any atom is 0.161 e. The highest BCUT2D eigenvalue weighted by Crippen LogP contribution is 2.28. The van der Waals surface area contributed by atoms with Gasteiger partial charge in [-0.25, -0.2) is 0 Å². The standard InChI is InChI=1S/C18H22O3/c1-20-17-11-10-16(14-19)13-18(17)21-12-6-5-9-15-7-3-2-4-8-15/h2-4,7-8,10-11,13,19H,5-6,9,12,14H2,1H3. The SMILES string of the molecule is COc1ccc(CO)cc1OCCCCc1ccccc1. The summed E-state index contributed by atoms with van der Waals surface area (Å²) in [4.78, 5) is 0. The molecule has 112 valence electrons. The van der Waals surface area contributed by atoms with Gasteiger partial charge in [0.2, 0.25) is 0 Å². The van der Waals surface area contributed by atoms with E-state index in [9.17, 15) is 0 Å². The molecule has 0 aliphatic rings. The molecule has 0 amide bonds. The van der Waals surface area contributed by atoms with Crippen molar-refractivity contribution in [2.45, 2.75) is 25.9 Å². The molecule has 2 rings (SSSR count). The third-order valence-corrected chi connectivity index (χ3v) is 3.37. The van der Waals surface area contributed by atoms with Crippen LogP contribution < -0.4 is 9.47 Å². The average molecular weight is 286 g/mol. The molecule has 3 nitrogen and oxygen atoms in total. The summed E-state index contributed by atoms with van der Waals surface area (Å²) in [5.41, 5.74) is 2.19. The van der Waals surface area contributed by atoms with Crippen molar-refractivity contribution < 1.29 is 14.6 Å². The Bertz CT molecular complexity index is 537. The van der Waals surface area contributed by atoms with Gasteiger partial charge in [-0.05, 0) is 42.5 Å². The molecule has 0 spiro atoms. The van der Waals surface area contributed by atoms with Crippen LogP contribution in [0.2, 0.25) is 0 Å². The van der Waals surface area contributed by atoms with E-state index >= 15 is 0 Å². The van der Waals surface area contributed by atoms with Crippen LogP contribution in [0.3, 0.4) is 0 Å². The Balaban J connectivity index is 1.78. The van der Waals surface area contributed by atoms with Crippen LogP contribution in [0.1, 0.15) is 24.0 Å². The van der Waals surface area contributed by atoms with Crippen molar-refractivity contribution in [1.29, 1.82) is 0 Å². The van der Waals surface area contributed by atoms with Crippen molar-refractivity contribution >= 4 is 0 Å². The summed E-state index contributed by atoms with van der Waals surface area (Å²) in [6.45, 7) is 0.659. The second-order valence-corrected chi connectivity index (χ2v) is 4.93. The van der Waals surface area contributed by atoms with Gasteiger partial charge in [-0.3, -0.25) is 0 Å². The van der Waals surface area contributed by atoms with E-state index in [1.54, 1.807) is 7.11 Å². The summed E-state index contributed by atoms with van der Waals surface area (Å²) in [7, 11) is 1.62. The largest absolute Gasteiger partial charge is 0.493 e. The minimum absolute atomic E-state index is 0.00830. The number of methoxy groups -OCH3 is 1. The van der Waals surface area contributed by atoms with E-state index in [1.165, 1.54) is 5.56 Å². The molecule has 2 aromatic rings. The first kappa shape index (κ1) is 15.4. The minimum Gasteiger partial charge on any atom is -0.493 e. The zero-order valence-electron chi connectivity index (χ0n) is 12.4. The van der Waals surface area contributed by atoms with Crippen LogP contribution in [0.15, 0.2) is 48.5 Å². The van der Waals surface area contributed by atoms with Crippen LogP contribution >= 0.6 is 0 Å². The molecule has 0 aromatic heterocycles. The molecule has 0 aliphatic heterocycles. The molecule has 0 saturated carbocycles. The molecule has 1 N–H and O–H groups in total. The van der Waals surface area contributed by atoms with Gasteiger partial charge in [0.05, 0.1) is 20.3 Å². The predicted octanol–water partition coefficient (Wildman–Crippen LogP) is 3.59. The van der Waals surface area contributed by atoms with Crippen LogP contribution in [0.25, 0.3) is 0 Å². The lowest BCUT2D eigenvalue weighted by molar-refractivity contribution is 0.273. The number of benzene rings is 2. The highest BCUT2D eigenvalue weighted by atomic mass is 16.5. The Morgan fingerprint density at radius 2 is 1.71 bits per heavy atom. The highest BCUT2D eigenvalue weighted by Gasteiger charge is 2.05. The van der Waals surface area contributed by atoms with Crippen molar-refractivity contribution in [2.24, 2.45) is 0 Å². The second kappa shape index (κ2) is 8.32. The van der Waals surface area contributed by atoms with E-state index in [4.69, 9.17) is 14.6 Å². The zero-order valence-corrected chi connectivity index (χ0v) is 12.4. The van der Waals surface area contributed by atoms with Crippen LogP contribution in [0.4, 0.5) is 0 Å². The summed E-state index contributed by atoms with van der Waals surface area (Å²) in [6, 6.07) is 16.0. The van der Waals surface area contributed by atoms with Gasteiger partial charge in [-0.1, -0.05) is 36.4 Å². The van der Waals surface area contributed by atoms with Crippen LogP contribution in [-0.2, 0) is 13.0 Å². The fourth-order valence-electron chi connectivity index (χ4n) is 2.19. The first-order valence-electron chi connectivity index (χ1n) is 7.28. The summed E-state index contributed by atoms with van der Waals surface area (Å²) >= 11 is 0. The summed E-state index contributed by atoms with van der Waals surface area (Å²) in [5, 5.41) is 9.16. The molecule has 2 aromatic carbocycles. The Kier molecular flexibility index (Phi) is 6.10. The molecule has 0 radical (unpaired) electrons. The fraction of sp³-hybridized carbons (Fsp3) is 0.333. The smallest absolute Gasteiger partial charge is 0.161 e. The van der Waals surface area contributed by atoms with Gasteiger partial charge in [-0.2, -0.15) is 0 Å². The molecule has 0 fully saturated rings. The Hall–Kier alpha value is -2.00. The lowest BCUT2D eigenvalue weighted by atomic mass is 10.1. The summed E-state index contributed by atoms with van der Waals surface area (Å²) in [6.07, 6.45) is 3.14. The Morgan fingerprint density at radius 1 is 0.905 bits per heavy atom. The number of aryl methyl sites for hydroxylation is 1. The van der Waals surface area contributed by atoms with E-state index in [0.29, 0.717) is 18.1 Å². The topological polar surface area (TPSA) is 38.7 Å². The number of aliphatic hydroxyl groups is 1. The molecular weight excluding hydrogens is 264 g/mol. The third-order valence-electron chi connectivity index (χ3n) is 3.37. The second-order valence-electron chi connectivity index (χ2n) is 4.93. The van der Waals surface area contributed by atoms with Gasteiger partial charge < -0.3 is 14.6 Å². The van der Waals surface area contributed by atoms with Gasteiger partial charge in [0.15, 0.2) is 11.5 Å². The third kappa shape index (κ3) is 4.80. The van der Waals surface area contributed by atoms with Gasteiger partial charge in [0.1, 0.15) is 0 Å². The van der Waals surface area contributed by atoms with Crippen molar-refractivity contribution in [1.82, 2.24) is 0 Å². The first-order chi connectivity index (χ1) is 10.3. The molecule has 0 aliphatic carbocycles. The maximum atomic E-state index is 9.16. The van der Waals surface area contributed by atoms with Gasteiger partial charge in [0.25, 0.3) is 0 Å². The van der Waals surface area contributed by atoms with E-state index in [0.717, 1.165) is 24.8 Å². The zero-order chi connectivity index (χ0) is 14.9. The van der Waals surface area contributed by atoms with Crippen LogP contribution in [0.5, 0.6) is 11.5 Å². The molecule has 21 heavy (non-hydrogen) atoms. The molecule has 0 heterocycles. The Labute approximate surface area is 126 Å². The van der Waals surface area contributed by atoms with E-state index in [2.05, 4.69) is 24.3 Å². The summed E-state index contributed by atoms with van der Waals surface area (Å²) in [5.74, 6) is 1.40. The lowest BCUT2D eigenvalue weighted by Crippen LogP contribution is -2.01. The van der Waals surface area contributed by atoms with Crippen molar-refractivity contribution in [2.75, 3.05) is 13.7 Å². The maximum absolute atomic E-state index is 9.16. The van der Waals surface area contributed by atoms with Gasteiger partial charge >= 0.3 is 0 Å². The molecule has 0 bridgehead atoms. The van der Waals surface area contributed by atoms with Crippen LogP contribution in [-0.4, -0.2) is 18.8 Å². The van der Waals surface area contributed by atoms with Crippen LogP contribution in [0, 0.1) is 0 Å². The number of aliphatic hydroxyl groups excluding tert-OH is 1. The average Bonchev–Trinajstić information content (AvgIpc) is 2.55. The lowest BCUT2D eigenvalue weighted by Gasteiger charge is -2.11.